The molecule has 0 saturated carbocycles. The van der Waals surface area contributed by atoms with Gasteiger partial charge in [-0.1, -0.05) is 26.0 Å². The fourth-order valence-electron chi connectivity index (χ4n) is 4.40. The quantitative estimate of drug-likeness (QED) is 0.296. The average Bonchev–Trinajstić information content (AvgIpc) is 3.24. The number of guanidine groups is 1. The third-order valence-corrected chi connectivity index (χ3v) is 6.11. The summed E-state index contributed by atoms with van der Waals surface area (Å²) in [7, 11) is 4.71. The van der Waals surface area contributed by atoms with Crippen molar-refractivity contribution < 1.29 is 23.8 Å². The van der Waals surface area contributed by atoms with E-state index in [1.807, 2.05) is 32.0 Å². The maximum absolute atomic E-state index is 13.1. The number of hydrogen-bond donors (Lipinski definition) is 4. The number of rotatable bonds is 10. The van der Waals surface area contributed by atoms with E-state index >= 15 is 0 Å². The number of fused-ring (bicyclic) bond motifs is 1. The Morgan fingerprint density at radius 2 is 1.69 bits per heavy atom. The largest absolute Gasteiger partial charge is 0.497 e. The molecule has 194 valence electrons. The van der Waals surface area contributed by atoms with E-state index in [-0.39, 0.29) is 36.2 Å². The van der Waals surface area contributed by atoms with Crippen molar-refractivity contribution >= 4 is 17.8 Å². The van der Waals surface area contributed by atoms with Crippen LogP contribution in [0.25, 0.3) is 0 Å². The highest BCUT2D eigenvalue weighted by atomic mass is 16.5. The van der Waals surface area contributed by atoms with E-state index in [1.165, 1.54) is 18.2 Å². The molecule has 2 aromatic carbocycles. The van der Waals surface area contributed by atoms with E-state index in [1.54, 1.807) is 32.4 Å². The van der Waals surface area contributed by atoms with Gasteiger partial charge in [-0.3, -0.25) is 20.3 Å². The van der Waals surface area contributed by atoms with E-state index < -0.39 is 6.04 Å². The third kappa shape index (κ3) is 7.13. The Balaban J connectivity index is 1.56. The number of hydrogen-bond acceptors (Lipinski definition) is 6. The van der Waals surface area contributed by atoms with Crippen molar-refractivity contribution in [3.63, 3.8) is 0 Å². The lowest BCUT2D eigenvalue weighted by Crippen LogP contribution is -2.53. The van der Waals surface area contributed by atoms with Crippen LogP contribution < -0.4 is 30.2 Å². The Hall–Kier alpha value is -3.75. The van der Waals surface area contributed by atoms with Crippen LogP contribution in [0.3, 0.4) is 0 Å². The normalized spacial score (nSPS) is 15.0. The standard InChI is InChI=1S/C27H36N4O5/c1-16(2)10-22(26(33)29-20-13-18-7-8-21(34-3)15-19(18)14-20)30-27(28)31-25(32)12-17-6-9-23(35-4)24(11-17)36-5/h6-9,11,15-16,20,22H,10,12-14H2,1-5H3,(H,29,33)(H3,28,30,31,32)/t20?,22-/m1/s1. The molecular weight excluding hydrogens is 460 g/mol. The highest BCUT2D eigenvalue weighted by Crippen LogP contribution is 2.28. The van der Waals surface area contributed by atoms with Gasteiger partial charge in [-0.15, -0.1) is 0 Å². The predicted molar refractivity (Wildman–Crippen MR) is 138 cm³/mol. The van der Waals surface area contributed by atoms with Crippen molar-refractivity contribution in [1.82, 2.24) is 16.0 Å². The summed E-state index contributed by atoms with van der Waals surface area (Å²) < 4.78 is 15.8. The molecule has 1 aliphatic rings. The number of nitrogens with one attached hydrogen (secondary N) is 4. The fraction of sp³-hybridized carbons (Fsp3) is 0.444. The van der Waals surface area contributed by atoms with Gasteiger partial charge in [-0.2, -0.15) is 0 Å². The zero-order valence-electron chi connectivity index (χ0n) is 21.6. The summed E-state index contributed by atoms with van der Waals surface area (Å²) in [4.78, 5) is 25.7. The van der Waals surface area contributed by atoms with Crippen LogP contribution in [-0.2, 0) is 28.9 Å². The summed E-state index contributed by atoms with van der Waals surface area (Å²) in [6.07, 6.45) is 2.05. The third-order valence-electron chi connectivity index (χ3n) is 6.11. The number of ether oxygens (including phenoxy) is 3. The van der Waals surface area contributed by atoms with Gasteiger partial charge in [-0.05, 0) is 66.1 Å². The van der Waals surface area contributed by atoms with Crippen LogP contribution in [0.5, 0.6) is 17.2 Å². The van der Waals surface area contributed by atoms with Gasteiger partial charge in [0, 0.05) is 6.04 Å². The second-order valence-corrected chi connectivity index (χ2v) is 9.36. The van der Waals surface area contributed by atoms with Gasteiger partial charge >= 0.3 is 0 Å². The molecule has 0 spiro atoms. The van der Waals surface area contributed by atoms with Crippen molar-refractivity contribution in [3.8, 4) is 17.2 Å². The van der Waals surface area contributed by atoms with E-state index in [2.05, 4.69) is 16.0 Å². The first-order valence-electron chi connectivity index (χ1n) is 12.0. The number of methoxy groups -OCH3 is 3. The topological polar surface area (TPSA) is 122 Å². The minimum atomic E-state index is -0.642. The van der Waals surface area contributed by atoms with Crippen LogP contribution in [-0.4, -0.2) is 51.2 Å². The molecular formula is C27H36N4O5. The molecule has 4 N–H and O–H groups in total. The number of carbonyl (C=O) groups is 2. The molecule has 2 aromatic rings. The molecule has 36 heavy (non-hydrogen) atoms. The fourth-order valence-corrected chi connectivity index (χ4v) is 4.40. The predicted octanol–water partition coefficient (Wildman–Crippen LogP) is 2.59. The summed E-state index contributed by atoms with van der Waals surface area (Å²) in [5.41, 5.74) is 3.08. The van der Waals surface area contributed by atoms with Crippen molar-refractivity contribution in [3.05, 3.63) is 53.1 Å². The lowest BCUT2D eigenvalue weighted by molar-refractivity contribution is -0.124. The minimum Gasteiger partial charge on any atom is -0.497 e. The first kappa shape index (κ1) is 26.8. The molecule has 0 fully saturated rings. The van der Waals surface area contributed by atoms with E-state index in [9.17, 15) is 9.59 Å². The lowest BCUT2D eigenvalue weighted by Gasteiger charge is -2.23. The van der Waals surface area contributed by atoms with E-state index in [0.29, 0.717) is 23.5 Å². The van der Waals surface area contributed by atoms with E-state index in [4.69, 9.17) is 19.6 Å². The Labute approximate surface area is 212 Å². The first-order chi connectivity index (χ1) is 17.2. The van der Waals surface area contributed by atoms with Gasteiger partial charge in [0.1, 0.15) is 11.8 Å². The molecule has 0 saturated heterocycles. The van der Waals surface area contributed by atoms with Gasteiger partial charge < -0.3 is 24.8 Å². The lowest BCUT2D eigenvalue weighted by atomic mass is 10.0. The average molecular weight is 497 g/mol. The van der Waals surface area contributed by atoms with Crippen molar-refractivity contribution in [2.75, 3.05) is 21.3 Å². The van der Waals surface area contributed by atoms with Crippen LogP contribution in [0.1, 0.15) is 37.0 Å². The molecule has 2 atom stereocenters. The molecule has 1 unspecified atom stereocenters. The molecule has 0 aromatic heterocycles. The van der Waals surface area contributed by atoms with Crippen LogP contribution >= 0.6 is 0 Å². The smallest absolute Gasteiger partial charge is 0.242 e. The Morgan fingerprint density at radius 3 is 2.36 bits per heavy atom. The van der Waals surface area contributed by atoms with E-state index in [0.717, 1.165) is 18.6 Å². The van der Waals surface area contributed by atoms with Crippen molar-refractivity contribution in [2.24, 2.45) is 5.92 Å². The summed E-state index contributed by atoms with van der Waals surface area (Å²) in [6.45, 7) is 4.03. The SMILES string of the molecule is COc1ccc2c(c1)CC(NC(=O)[C@@H](CC(C)C)NC(=N)NC(=O)Cc1ccc(OC)c(OC)c1)C2. The van der Waals surface area contributed by atoms with Crippen LogP contribution in [0.2, 0.25) is 0 Å². The molecule has 0 heterocycles. The van der Waals surface area contributed by atoms with Gasteiger partial charge in [0.05, 0.1) is 27.8 Å². The Kier molecular flexibility index (Phi) is 9.16. The molecule has 2 amide bonds. The monoisotopic (exact) mass is 496 g/mol. The van der Waals surface area contributed by atoms with Crippen LogP contribution in [0.4, 0.5) is 0 Å². The summed E-state index contributed by atoms with van der Waals surface area (Å²) >= 11 is 0. The summed E-state index contributed by atoms with van der Waals surface area (Å²) in [5.74, 6) is 1.35. The van der Waals surface area contributed by atoms with Crippen LogP contribution in [0, 0.1) is 11.3 Å². The van der Waals surface area contributed by atoms with Gasteiger partial charge in [-0.25, -0.2) is 0 Å². The summed E-state index contributed by atoms with van der Waals surface area (Å²) in [6, 6.07) is 10.5. The Bertz CT molecular complexity index is 1100. The Morgan fingerprint density at radius 1 is 0.972 bits per heavy atom. The number of amides is 2. The molecule has 0 radical (unpaired) electrons. The van der Waals surface area contributed by atoms with Crippen LogP contribution in [0.15, 0.2) is 36.4 Å². The first-order valence-corrected chi connectivity index (χ1v) is 12.0. The van der Waals surface area contributed by atoms with Gasteiger partial charge in [0.15, 0.2) is 17.5 Å². The summed E-state index contributed by atoms with van der Waals surface area (Å²) in [5, 5.41) is 16.8. The van der Waals surface area contributed by atoms with Crippen molar-refractivity contribution in [1.29, 1.82) is 5.41 Å². The molecule has 0 aliphatic heterocycles. The molecule has 9 heteroatoms. The second-order valence-electron chi connectivity index (χ2n) is 9.36. The molecule has 9 nitrogen and oxygen atoms in total. The van der Waals surface area contributed by atoms with Crippen molar-refractivity contribution in [2.45, 2.75) is 51.6 Å². The zero-order chi connectivity index (χ0) is 26.2. The maximum Gasteiger partial charge on any atom is 0.242 e. The maximum atomic E-state index is 13.1. The zero-order valence-corrected chi connectivity index (χ0v) is 21.6. The molecule has 1 aliphatic carbocycles. The second kappa shape index (κ2) is 12.3. The number of benzene rings is 2. The van der Waals surface area contributed by atoms with Gasteiger partial charge in [0.2, 0.25) is 11.8 Å². The highest BCUT2D eigenvalue weighted by molar-refractivity contribution is 5.98. The molecule has 3 rings (SSSR count). The highest BCUT2D eigenvalue weighted by Gasteiger charge is 2.28. The van der Waals surface area contributed by atoms with Gasteiger partial charge in [0.25, 0.3) is 0 Å². The number of carbonyl (C=O) groups excluding carboxylic acids is 2. The molecule has 0 bridgehead atoms. The minimum absolute atomic E-state index is 0.0232.